The molecular formula is C19H21N4O+. The lowest BCUT2D eigenvalue weighted by Crippen LogP contribution is -3.12. The van der Waals surface area contributed by atoms with Crippen LogP contribution in [0.5, 0.6) is 0 Å². The van der Waals surface area contributed by atoms with Crippen LogP contribution in [0, 0.1) is 11.3 Å². The number of piperazine rings is 1. The van der Waals surface area contributed by atoms with Gasteiger partial charge in [-0.25, -0.2) is 0 Å². The summed E-state index contributed by atoms with van der Waals surface area (Å²) in [6.45, 7) is 4.40. The monoisotopic (exact) mass is 321 g/mol. The van der Waals surface area contributed by atoms with Gasteiger partial charge in [-0.15, -0.1) is 0 Å². The number of benzene rings is 2. The molecule has 0 unspecified atom stereocenters. The third-order valence-electron chi connectivity index (χ3n) is 4.36. The number of likely N-dealkylation sites (N-methyl/N-ethyl adjacent to an activating group) is 1. The number of nitrogens with zero attached hydrogens (tertiary/aromatic N) is 2. The van der Waals surface area contributed by atoms with E-state index in [-0.39, 0.29) is 5.91 Å². The van der Waals surface area contributed by atoms with Gasteiger partial charge in [-0.05, 0) is 42.5 Å². The topological polar surface area (TPSA) is 60.6 Å². The summed E-state index contributed by atoms with van der Waals surface area (Å²) < 4.78 is 0. The van der Waals surface area contributed by atoms with Crippen LogP contribution in [-0.2, 0) is 0 Å². The van der Waals surface area contributed by atoms with E-state index in [4.69, 9.17) is 5.26 Å². The average molecular weight is 321 g/mol. The van der Waals surface area contributed by atoms with Crippen molar-refractivity contribution >= 4 is 17.3 Å². The number of nitriles is 1. The second-order valence-electron chi connectivity index (χ2n) is 6.14. The number of amides is 1. The van der Waals surface area contributed by atoms with E-state index >= 15 is 0 Å². The molecule has 1 fully saturated rings. The molecule has 0 radical (unpaired) electrons. The fraction of sp³-hybridized carbons (Fsp3) is 0.263. The van der Waals surface area contributed by atoms with Crippen molar-refractivity contribution in [3.8, 4) is 6.07 Å². The van der Waals surface area contributed by atoms with Gasteiger partial charge in [0.1, 0.15) is 0 Å². The first kappa shape index (κ1) is 16.0. The maximum atomic E-state index is 12.3. The van der Waals surface area contributed by atoms with E-state index < -0.39 is 0 Å². The summed E-state index contributed by atoms with van der Waals surface area (Å²) in [5.74, 6) is -0.206. The van der Waals surface area contributed by atoms with Crippen LogP contribution in [0.1, 0.15) is 15.9 Å². The molecule has 0 atom stereocenters. The first-order valence-electron chi connectivity index (χ1n) is 8.13. The van der Waals surface area contributed by atoms with Crippen LogP contribution in [0.25, 0.3) is 0 Å². The summed E-state index contributed by atoms with van der Waals surface area (Å²) in [5.41, 5.74) is 2.91. The van der Waals surface area contributed by atoms with Gasteiger partial charge in [0.25, 0.3) is 5.91 Å². The van der Waals surface area contributed by atoms with Crippen molar-refractivity contribution in [2.75, 3.05) is 43.4 Å². The molecule has 1 amide bonds. The van der Waals surface area contributed by atoms with Crippen molar-refractivity contribution in [3.05, 3.63) is 59.7 Å². The number of carbonyl (C=O) groups is 1. The van der Waals surface area contributed by atoms with Crippen molar-refractivity contribution in [1.29, 1.82) is 5.26 Å². The normalized spacial score (nSPS) is 14.9. The summed E-state index contributed by atoms with van der Waals surface area (Å²) in [6, 6.07) is 16.7. The summed E-state index contributed by atoms with van der Waals surface area (Å²) in [7, 11) is 2.22. The van der Waals surface area contributed by atoms with E-state index in [1.807, 2.05) is 30.3 Å². The zero-order chi connectivity index (χ0) is 16.9. The highest BCUT2D eigenvalue weighted by Crippen LogP contribution is 2.18. The summed E-state index contributed by atoms with van der Waals surface area (Å²) in [4.78, 5) is 16.2. The highest BCUT2D eigenvalue weighted by Gasteiger charge is 2.16. The minimum atomic E-state index is -0.206. The third-order valence-corrected chi connectivity index (χ3v) is 4.36. The minimum absolute atomic E-state index is 0.206. The predicted octanol–water partition coefficient (Wildman–Crippen LogP) is 1.15. The second kappa shape index (κ2) is 7.16. The van der Waals surface area contributed by atoms with E-state index in [0.29, 0.717) is 11.1 Å². The Bertz CT molecular complexity index is 756. The van der Waals surface area contributed by atoms with Gasteiger partial charge >= 0.3 is 0 Å². The van der Waals surface area contributed by atoms with Crippen LogP contribution in [0.2, 0.25) is 0 Å². The minimum Gasteiger partial charge on any atom is -0.360 e. The molecule has 0 aromatic heterocycles. The lowest BCUT2D eigenvalue weighted by molar-refractivity contribution is -0.880. The molecule has 1 saturated heterocycles. The standard InChI is InChI=1S/C19H20N4O/c1-22-9-11-23(12-10-22)18-7-5-17(6-8-18)21-19(24)16-4-2-3-15(13-16)14-20/h2-8,13H,9-12H2,1H3,(H,21,24)/p+1. The van der Waals surface area contributed by atoms with Gasteiger partial charge in [0, 0.05) is 16.9 Å². The Labute approximate surface area is 142 Å². The highest BCUT2D eigenvalue weighted by molar-refractivity contribution is 6.04. The fourth-order valence-corrected chi connectivity index (χ4v) is 2.84. The number of rotatable bonds is 3. The molecule has 0 spiro atoms. The third kappa shape index (κ3) is 3.73. The first-order chi connectivity index (χ1) is 11.7. The molecule has 1 aliphatic rings. The number of carbonyl (C=O) groups excluding carboxylic acids is 1. The van der Waals surface area contributed by atoms with Crippen LogP contribution < -0.4 is 15.1 Å². The molecule has 0 saturated carbocycles. The Balaban J connectivity index is 1.65. The van der Waals surface area contributed by atoms with E-state index in [9.17, 15) is 4.79 Å². The Kier molecular flexibility index (Phi) is 4.78. The Morgan fingerprint density at radius 1 is 1.17 bits per heavy atom. The smallest absolute Gasteiger partial charge is 0.255 e. The van der Waals surface area contributed by atoms with Gasteiger partial charge in [0.15, 0.2) is 0 Å². The average Bonchev–Trinajstić information content (AvgIpc) is 2.63. The zero-order valence-electron chi connectivity index (χ0n) is 13.7. The molecule has 5 nitrogen and oxygen atoms in total. The summed E-state index contributed by atoms with van der Waals surface area (Å²) in [6.07, 6.45) is 0. The van der Waals surface area contributed by atoms with Gasteiger partial charge in [-0.1, -0.05) is 6.07 Å². The number of anilines is 2. The Morgan fingerprint density at radius 3 is 2.54 bits per heavy atom. The van der Waals surface area contributed by atoms with E-state index in [1.165, 1.54) is 5.69 Å². The van der Waals surface area contributed by atoms with Gasteiger partial charge in [0.05, 0.1) is 44.9 Å². The quantitative estimate of drug-likeness (QED) is 0.891. The maximum Gasteiger partial charge on any atom is 0.255 e. The Hall–Kier alpha value is -2.84. The molecule has 1 aliphatic heterocycles. The van der Waals surface area contributed by atoms with Crippen molar-refractivity contribution in [1.82, 2.24) is 0 Å². The van der Waals surface area contributed by atoms with E-state index in [0.717, 1.165) is 31.9 Å². The molecule has 2 aromatic rings. The number of hydrogen-bond acceptors (Lipinski definition) is 3. The zero-order valence-corrected chi connectivity index (χ0v) is 13.7. The molecule has 3 rings (SSSR count). The summed E-state index contributed by atoms with van der Waals surface area (Å²) >= 11 is 0. The number of hydrogen-bond donors (Lipinski definition) is 2. The van der Waals surface area contributed by atoms with E-state index in [2.05, 4.69) is 17.3 Å². The van der Waals surface area contributed by atoms with E-state index in [1.54, 1.807) is 29.2 Å². The predicted molar refractivity (Wildman–Crippen MR) is 94.4 cm³/mol. The lowest BCUT2D eigenvalue weighted by atomic mass is 10.1. The highest BCUT2D eigenvalue weighted by atomic mass is 16.1. The number of nitrogens with one attached hydrogen (secondary N) is 2. The van der Waals surface area contributed by atoms with Crippen molar-refractivity contribution in [3.63, 3.8) is 0 Å². The maximum absolute atomic E-state index is 12.3. The van der Waals surface area contributed by atoms with Crippen LogP contribution >= 0.6 is 0 Å². The Morgan fingerprint density at radius 2 is 1.88 bits per heavy atom. The van der Waals surface area contributed by atoms with Crippen molar-refractivity contribution in [2.45, 2.75) is 0 Å². The molecule has 0 bridgehead atoms. The molecule has 2 aromatic carbocycles. The number of quaternary nitrogens is 1. The van der Waals surface area contributed by atoms with Crippen molar-refractivity contribution in [2.24, 2.45) is 0 Å². The summed E-state index contributed by atoms with van der Waals surface area (Å²) in [5, 5.41) is 11.8. The van der Waals surface area contributed by atoms with Crippen LogP contribution in [0.4, 0.5) is 11.4 Å². The van der Waals surface area contributed by atoms with Crippen LogP contribution in [0.15, 0.2) is 48.5 Å². The largest absolute Gasteiger partial charge is 0.360 e. The first-order valence-corrected chi connectivity index (χ1v) is 8.13. The molecule has 5 heteroatoms. The second-order valence-corrected chi connectivity index (χ2v) is 6.14. The van der Waals surface area contributed by atoms with Gasteiger partial charge < -0.3 is 15.1 Å². The lowest BCUT2D eigenvalue weighted by Gasteiger charge is -2.31. The molecule has 24 heavy (non-hydrogen) atoms. The fourth-order valence-electron chi connectivity index (χ4n) is 2.84. The molecule has 122 valence electrons. The van der Waals surface area contributed by atoms with Crippen molar-refractivity contribution < 1.29 is 9.69 Å². The SMILES string of the molecule is C[NH+]1CCN(c2ccc(NC(=O)c3cccc(C#N)c3)cc2)CC1. The molecule has 1 heterocycles. The van der Waals surface area contributed by atoms with Gasteiger partial charge in [-0.3, -0.25) is 4.79 Å². The van der Waals surface area contributed by atoms with Crippen LogP contribution in [0.3, 0.4) is 0 Å². The van der Waals surface area contributed by atoms with Gasteiger partial charge in [0.2, 0.25) is 0 Å². The molecule has 0 aliphatic carbocycles. The molecule has 2 N–H and O–H groups in total. The molecular weight excluding hydrogens is 300 g/mol. The van der Waals surface area contributed by atoms with Gasteiger partial charge in [-0.2, -0.15) is 5.26 Å². The van der Waals surface area contributed by atoms with Crippen LogP contribution in [-0.4, -0.2) is 39.1 Å².